The summed E-state index contributed by atoms with van der Waals surface area (Å²) in [4.78, 5) is 11.9. The number of ether oxygens (including phenoxy) is 2. The Bertz CT molecular complexity index is 364. The van der Waals surface area contributed by atoms with Crippen LogP contribution in [-0.2, 0) is 9.47 Å². The van der Waals surface area contributed by atoms with Crippen molar-refractivity contribution in [1.82, 2.24) is 10.6 Å². The number of carbonyl (C=O) groups is 1. The highest BCUT2D eigenvalue weighted by Gasteiger charge is 2.25. The van der Waals surface area contributed by atoms with E-state index in [0.717, 1.165) is 51.4 Å². The van der Waals surface area contributed by atoms with Crippen molar-refractivity contribution in [2.45, 2.75) is 83.4 Å². The summed E-state index contributed by atoms with van der Waals surface area (Å²) in [6.07, 6.45) is 7.85. The van der Waals surface area contributed by atoms with Gasteiger partial charge < -0.3 is 20.1 Å². The van der Waals surface area contributed by atoms with E-state index in [4.69, 9.17) is 9.47 Å². The van der Waals surface area contributed by atoms with Gasteiger partial charge in [0.05, 0.1) is 0 Å². The van der Waals surface area contributed by atoms with Crippen LogP contribution >= 0.6 is 0 Å². The van der Waals surface area contributed by atoms with E-state index >= 15 is 0 Å². The third-order valence-corrected chi connectivity index (χ3v) is 4.34. The Morgan fingerprint density at radius 1 is 1.13 bits per heavy atom. The Balaban J connectivity index is 1.54. The lowest BCUT2D eigenvalue weighted by molar-refractivity contribution is 0.0488. The molecule has 2 aliphatic carbocycles. The Morgan fingerprint density at radius 2 is 1.87 bits per heavy atom. The molecular weight excluding hydrogens is 292 g/mol. The Kier molecular flexibility index (Phi) is 7.15. The number of hydrogen-bond acceptors (Lipinski definition) is 4. The normalized spacial score (nSPS) is 25.2. The summed E-state index contributed by atoms with van der Waals surface area (Å²) >= 11 is 0. The molecule has 2 aliphatic rings. The van der Waals surface area contributed by atoms with Gasteiger partial charge in [-0.25, -0.2) is 4.79 Å². The smallest absolute Gasteiger partial charge is 0.407 e. The lowest BCUT2D eigenvalue weighted by Gasteiger charge is -2.31. The SMILES string of the molecule is CC(C)(C)OC(=O)NC1CCCC(NCCCOCC2CC2)C1. The maximum atomic E-state index is 11.9. The molecule has 134 valence electrons. The molecule has 2 saturated carbocycles. The van der Waals surface area contributed by atoms with E-state index in [2.05, 4.69) is 10.6 Å². The van der Waals surface area contributed by atoms with E-state index in [-0.39, 0.29) is 12.1 Å². The van der Waals surface area contributed by atoms with Crippen LogP contribution in [0.5, 0.6) is 0 Å². The fourth-order valence-electron chi connectivity index (χ4n) is 3.00. The van der Waals surface area contributed by atoms with E-state index in [1.54, 1.807) is 0 Å². The zero-order chi connectivity index (χ0) is 16.7. The fraction of sp³-hybridized carbons (Fsp3) is 0.944. The summed E-state index contributed by atoms with van der Waals surface area (Å²) in [5.74, 6) is 0.848. The Labute approximate surface area is 140 Å². The van der Waals surface area contributed by atoms with Crippen LogP contribution in [0.3, 0.4) is 0 Å². The molecule has 0 bridgehead atoms. The highest BCUT2D eigenvalue weighted by Crippen LogP contribution is 2.28. The number of carbonyl (C=O) groups excluding carboxylic acids is 1. The highest BCUT2D eigenvalue weighted by molar-refractivity contribution is 5.68. The first-order chi connectivity index (χ1) is 10.9. The monoisotopic (exact) mass is 326 g/mol. The van der Waals surface area contributed by atoms with Crippen LogP contribution in [-0.4, -0.2) is 43.5 Å². The van der Waals surface area contributed by atoms with Gasteiger partial charge in [0.15, 0.2) is 0 Å². The van der Waals surface area contributed by atoms with E-state index in [1.165, 1.54) is 19.3 Å². The second kappa shape index (κ2) is 8.88. The highest BCUT2D eigenvalue weighted by atomic mass is 16.6. The molecule has 2 N–H and O–H groups in total. The number of rotatable bonds is 8. The van der Waals surface area contributed by atoms with Crippen LogP contribution < -0.4 is 10.6 Å². The second-order valence-corrected chi connectivity index (χ2v) is 8.03. The minimum atomic E-state index is -0.434. The van der Waals surface area contributed by atoms with Crippen LogP contribution in [0.25, 0.3) is 0 Å². The van der Waals surface area contributed by atoms with Gasteiger partial charge in [0.2, 0.25) is 0 Å². The van der Waals surface area contributed by atoms with Crippen molar-refractivity contribution in [1.29, 1.82) is 0 Å². The lowest BCUT2D eigenvalue weighted by Crippen LogP contribution is -2.45. The summed E-state index contributed by atoms with van der Waals surface area (Å²) in [7, 11) is 0. The van der Waals surface area contributed by atoms with Gasteiger partial charge in [-0.15, -0.1) is 0 Å². The maximum Gasteiger partial charge on any atom is 0.407 e. The molecule has 0 aliphatic heterocycles. The molecule has 2 unspecified atom stereocenters. The van der Waals surface area contributed by atoms with Gasteiger partial charge in [-0.05, 0) is 78.2 Å². The van der Waals surface area contributed by atoms with Crippen LogP contribution in [0.2, 0.25) is 0 Å². The molecule has 2 rings (SSSR count). The third-order valence-electron chi connectivity index (χ3n) is 4.34. The summed E-state index contributed by atoms with van der Waals surface area (Å²) in [5, 5.41) is 6.61. The fourth-order valence-corrected chi connectivity index (χ4v) is 3.00. The summed E-state index contributed by atoms with van der Waals surface area (Å²) in [6, 6.07) is 0.717. The van der Waals surface area contributed by atoms with Crippen molar-refractivity contribution in [3.63, 3.8) is 0 Å². The van der Waals surface area contributed by atoms with Gasteiger partial charge in [0, 0.05) is 25.3 Å². The van der Waals surface area contributed by atoms with E-state index in [9.17, 15) is 4.79 Å². The Hall–Kier alpha value is -0.810. The Morgan fingerprint density at radius 3 is 2.57 bits per heavy atom. The number of hydrogen-bond donors (Lipinski definition) is 2. The average Bonchev–Trinajstić information content (AvgIpc) is 3.25. The van der Waals surface area contributed by atoms with Crippen molar-refractivity contribution >= 4 is 6.09 Å². The topological polar surface area (TPSA) is 59.6 Å². The van der Waals surface area contributed by atoms with Crippen molar-refractivity contribution in [2.75, 3.05) is 19.8 Å². The van der Waals surface area contributed by atoms with Crippen molar-refractivity contribution in [3.05, 3.63) is 0 Å². The summed E-state index contributed by atoms with van der Waals surface area (Å²) in [5.41, 5.74) is -0.434. The van der Waals surface area contributed by atoms with Gasteiger partial charge >= 0.3 is 6.09 Å². The molecule has 23 heavy (non-hydrogen) atoms. The van der Waals surface area contributed by atoms with Gasteiger partial charge in [0.1, 0.15) is 5.60 Å². The second-order valence-electron chi connectivity index (χ2n) is 8.03. The molecule has 1 amide bonds. The summed E-state index contributed by atoms with van der Waals surface area (Å²) in [6.45, 7) is 8.48. The van der Waals surface area contributed by atoms with E-state index in [0.29, 0.717) is 6.04 Å². The van der Waals surface area contributed by atoms with Gasteiger partial charge in [-0.1, -0.05) is 0 Å². The zero-order valence-corrected chi connectivity index (χ0v) is 15.0. The zero-order valence-electron chi connectivity index (χ0n) is 15.0. The van der Waals surface area contributed by atoms with Gasteiger partial charge in [-0.3, -0.25) is 0 Å². The van der Waals surface area contributed by atoms with Crippen molar-refractivity contribution in [3.8, 4) is 0 Å². The van der Waals surface area contributed by atoms with Crippen LogP contribution in [0, 0.1) is 5.92 Å². The molecule has 0 aromatic heterocycles. The van der Waals surface area contributed by atoms with Gasteiger partial charge in [0.25, 0.3) is 0 Å². The first-order valence-corrected chi connectivity index (χ1v) is 9.23. The van der Waals surface area contributed by atoms with Gasteiger partial charge in [-0.2, -0.15) is 0 Å². The first kappa shape index (κ1) is 18.5. The predicted octanol–water partition coefficient (Wildman–Crippen LogP) is 3.23. The number of nitrogens with one attached hydrogen (secondary N) is 2. The molecule has 0 aromatic carbocycles. The van der Waals surface area contributed by atoms with Crippen LogP contribution in [0.1, 0.15) is 65.7 Å². The van der Waals surface area contributed by atoms with E-state index < -0.39 is 5.60 Å². The molecular formula is C18H34N2O3. The largest absolute Gasteiger partial charge is 0.444 e. The van der Waals surface area contributed by atoms with Crippen LogP contribution in [0.15, 0.2) is 0 Å². The molecule has 0 heterocycles. The van der Waals surface area contributed by atoms with Crippen LogP contribution in [0.4, 0.5) is 4.79 Å². The lowest BCUT2D eigenvalue weighted by atomic mass is 9.91. The van der Waals surface area contributed by atoms with Crippen molar-refractivity contribution in [2.24, 2.45) is 5.92 Å². The molecule has 0 radical (unpaired) electrons. The molecule has 5 heteroatoms. The first-order valence-electron chi connectivity index (χ1n) is 9.23. The molecule has 0 aromatic rings. The summed E-state index contributed by atoms with van der Waals surface area (Å²) < 4.78 is 11.0. The molecule has 5 nitrogen and oxygen atoms in total. The molecule has 2 fully saturated rings. The quantitative estimate of drug-likeness (QED) is 0.672. The van der Waals surface area contributed by atoms with E-state index in [1.807, 2.05) is 20.8 Å². The third kappa shape index (κ3) is 8.56. The standard InChI is InChI=1S/C18H34N2O3/c1-18(2,3)23-17(21)20-16-7-4-6-15(12-16)19-10-5-11-22-13-14-8-9-14/h14-16,19H,4-13H2,1-3H3,(H,20,21). The molecule has 0 spiro atoms. The maximum absolute atomic E-state index is 11.9. The average molecular weight is 326 g/mol. The number of alkyl carbamates (subject to hydrolysis) is 1. The van der Waals surface area contributed by atoms with Crippen molar-refractivity contribution < 1.29 is 14.3 Å². The molecule has 2 atom stereocenters. The minimum absolute atomic E-state index is 0.224. The minimum Gasteiger partial charge on any atom is -0.444 e. The molecule has 0 saturated heterocycles. The number of amides is 1. The predicted molar refractivity (Wildman–Crippen MR) is 91.6 cm³/mol.